The molecule has 3 N–H and O–H groups in total. The molecular formula is C14H20N2O2. The molecule has 1 aromatic rings. The minimum Gasteiger partial charge on any atom is -0.493 e. The maximum absolute atomic E-state index is 5.76. The van der Waals surface area contributed by atoms with Crippen LogP contribution >= 0.6 is 0 Å². The van der Waals surface area contributed by atoms with Crippen LogP contribution in [-0.4, -0.2) is 19.8 Å². The Morgan fingerprint density at radius 2 is 2.06 bits per heavy atom. The van der Waals surface area contributed by atoms with Crippen LogP contribution in [0.1, 0.15) is 30.0 Å². The molecule has 0 aliphatic carbocycles. The summed E-state index contributed by atoms with van der Waals surface area (Å²) in [6.07, 6.45) is 3.15. The molecule has 0 aromatic heterocycles. The highest BCUT2D eigenvalue weighted by Crippen LogP contribution is 2.33. The quantitative estimate of drug-likeness (QED) is 0.629. The summed E-state index contributed by atoms with van der Waals surface area (Å²) in [4.78, 5) is 0. The van der Waals surface area contributed by atoms with E-state index in [4.69, 9.17) is 15.3 Å². The predicted molar refractivity (Wildman–Crippen MR) is 69.2 cm³/mol. The molecule has 0 bridgehead atoms. The molecule has 4 heteroatoms. The van der Waals surface area contributed by atoms with Crippen molar-refractivity contribution in [3.63, 3.8) is 0 Å². The molecule has 0 saturated carbocycles. The second kappa shape index (κ2) is 5.26. The highest BCUT2D eigenvalue weighted by molar-refractivity contribution is 5.41. The highest BCUT2D eigenvalue weighted by atomic mass is 16.5. The van der Waals surface area contributed by atoms with Gasteiger partial charge in [0.15, 0.2) is 0 Å². The number of benzene rings is 1. The first kappa shape index (κ1) is 12.0. The Bertz CT molecular complexity index is 416. The lowest BCUT2D eigenvalue weighted by Crippen LogP contribution is -2.36. The Kier molecular flexibility index (Phi) is 3.50. The topological polar surface area (TPSA) is 56.5 Å². The molecule has 2 aliphatic heterocycles. The van der Waals surface area contributed by atoms with Crippen LogP contribution in [0.4, 0.5) is 0 Å². The van der Waals surface area contributed by atoms with E-state index in [9.17, 15) is 0 Å². The maximum Gasteiger partial charge on any atom is 0.122 e. The number of hydrazine groups is 1. The largest absolute Gasteiger partial charge is 0.493 e. The molecule has 2 aliphatic rings. The van der Waals surface area contributed by atoms with E-state index in [1.165, 1.54) is 11.1 Å². The first-order chi connectivity index (χ1) is 8.88. The van der Waals surface area contributed by atoms with E-state index in [0.29, 0.717) is 5.92 Å². The molecule has 98 valence electrons. The van der Waals surface area contributed by atoms with Gasteiger partial charge in [0.1, 0.15) is 5.75 Å². The molecule has 3 rings (SSSR count). The number of fused-ring (bicyclic) bond motifs is 1. The zero-order valence-corrected chi connectivity index (χ0v) is 10.5. The van der Waals surface area contributed by atoms with Crippen LogP contribution in [0.15, 0.2) is 18.2 Å². The lowest BCUT2D eigenvalue weighted by molar-refractivity contribution is 0.0536. The van der Waals surface area contributed by atoms with Crippen molar-refractivity contribution in [3.05, 3.63) is 29.3 Å². The fourth-order valence-electron chi connectivity index (χ4n) is 2.95. The first-order valence-corrected chi connectivity index (χ1v) is 6.68. The van der Waals surface area contributed by atoms with Crippen molar-refractivity contribution < 1.29 is 9.47 Å². The molecule has 0 spiro atoms. The van der Waals surface area contributed by atoms with Gasteiger partial charge in [-0.25, -0.2) is 0 Å². The summed E-state index contributed by atoms with van der Waals surface area (Å²) in [6.45, 7) is 2.49. The normalized spacial score (nSPS) is 21.4. The summed E-state index contributed by atoms with van der Waals surface area (Å²) in [5.41, 5.74) is 5.56. The fourth-order valence-corrected chi connectivity index (χ4v) is 2.95. The van der Waals surface area contributed by atoms with Crippen molar-refractivity contribution in [2.45, 2.75) is 25.3 Å². The summed E-state index contributed by atoms with van der Waals surface area (Å²) < 4.78 is 11.0. The number of rotatable bonds is 3. The molecule has 18 heavy (non-hydrogen) atoms. The summed E-state index contributed by atoms with van der Waals surface area (Å²) in [5.74, 6) is 7.35. The molecule has 1 fully saturated rings. The van der Waals surface area contributed by atoms with E-state index in [-0.39, 0.29) is 6.04 Å². The van der Waals surface area contributed by atoms with Gasteiger partial charge in [-0.05, 0) is 36.0 Å². The van der Waals surface area contributed by atoms with E-state index in [0.717, 1.165) is 44.8 Å². The van der Waals surface area contributed by atoms with Crippen molar-refractivity contribution in [3.8, 4) is 5.75 Å². The molecule has 4 nitrogen and oxygen atoms in total. The average molecular weight is 248 g/mol. The van der Waals surface area contributed by atoms with E-state index in [2.05, 4.69) is 23.6 Å². The Hall–Kier alpha value is -1.10. The summed E-state index contributed by atoms with van der Waals surface area (Å²) in [5, 5.41) is 0. The first-order valence-electron chi connectivity index (χ1n) is 6.68. The summed E-state index contributed by atoms with van der Waals surface area (Å²) >= 11 is 0. The van der Waals surface area contributed by atoms with Gasteiger partial charge >= 0.3 is 0 Å². The number of nitrogens with one attached hydrogen (secondary N) is 1. The molecule has 1 saturated heterocycles. The molecular weight excluding hydrogens is 228 g/mol. The van der Waals surface area contributed by atoms with Crippen molar-refractivity contribution in [2.75, 3.05) is 19.8 Å². The minimum absolute atomic E-state index is 0.222. The van der Waals surface area contributed by atoms with Gasteiger partial charge in [0.2, 0.25) is 0 Å². The van der Waals surface area contributed by atoms with Gasteiger partial charge in [-0.15, -0.1) is 0 Å². The van der Waals surface area contributed by atoms with Crippen LogP contribution in [0.3, 0.4) is 0 Å². The van der Waals surface area contributed by atoms with Crippen LogP contribution in [0.25, 0.3) is 0 Å². The molecule has 0 amide bonds. The van der Waals surface area contributed by atoms with Gasteiger partial charge in [0, 0.05) is 25.7 Å². The number of hydrogen-bond acceptors (Lipinski definition) is 4. The second-order valence-corrected chi connectivity index (χ2v) is 5.06. The zero-order chi connectivity index (χ0) is 12.4. The Morgan fingerprint density at radius 3 is 2.83 bits per heavy atom. The minimum atomic E-state index is 0.222. The third kappa shape index (κ3) is 2.23. The van der Waals surface area contributed by atoms with Crippen LogP contribution in [0, 0.1) is 5.92 Å². The molecule has 0 radical (unpaired) electrons. The van der Waals surface area contributed by atoms with Gasteiger partial charge in [-0.3, -0.25) is 11.3 Å². The number of nitrogens with two attached hydrogens (primary N) is 1. The van der Waals surface area contributed by atoms with E-state index < -0.39 is 0 Å². The molecule has 1 aromatic carbocycles. The zero-order valence-electron chi connectivity index (χ0n) is 10.5. The standard InChI is InChI=1S/C14H20N2O2/c15-16-14(10-3-6-17-7-4-10)12-1-2-13-11(9-12)5-8-18-13/h1-2,9-10,14,16H,3-8,15H2. The van der Waals surface area contributed by atoms with Gasteiger partial charge in [-0.2, -0.15) is 0 Å². The maximum atomic E-state index is 5.76. The lowest BCUT2D eigenvalue weighted by Gasteiger charge is -2.30. The van der Waals surface area contributed by atoms with E-state index in [1.54, 1.807) is 0 Å². The average Bonchev–Trinajstić information content (AvgIpc) is 2.88. The second-order valence-electron chi connectivity index (χ2n) is 5.06. The van der Waals surface area contributed by atoms with Crippen molar-refractivity contribution in [1.29, 1.82) is 0 Å². The monoisotopic (exact) mass is 248 g/mol. The van der Waals surface area contributed by atoms with Crippen LogP contribution in [0.2, 0.25) is 0 Å². The van der Waals surface area contributed by atoms with Crippen LogP contribution in [0.5, 0.6) is 5.75 Å². The Balaban J connectivity index is 1.82. The van der Waals surface area contributed by atoms with E-state index in [1.807, 2.05) is 0 Å². The SMILES string of the molecule is NNC(c1ccc2c(c1)CCO2)C1CCOCC1. The van der Waals surface area contributed by atoms with Gasteiger partial charge < -0.3 is 9.47 Å². The highest BCUT2D eigenvalue weighted by Gasteiger charge is 2.25. The van der Waals surface area contributed by atoms with E-state index >= 15 is 0 Å². The number of hydrogen-bond donors (Lipinski definition) is 2. The number of ether oxygens (including phenoxy) is 2. The van der Waals surface area contributed by atoms with Crippen molar-refractivity contribution in [1.82, 2.24) is 5.43 Å². The van der Waals surface area contributed by atoms with Gasteiger partial charge in [0.05, 0.1) is 6.61 Å². The molecule has 1 atom stereocenters. The van der Waals surface area contributed by atoms with Crippen LogP contribution in [-0.2, 0) is 11.2 Å². The van der Waals surface area contributed by atoms with Gasteiger partial charge in [-0.1, -0.05) is 12.1 Å². The summed E-state index contributed by atoms with van der Waals surface area (Å²) in [6, 6.07) is 6.66. The Morgan fingerprint density at radius 1 is 1.22 bits per heavy atom. The third-order valence-electron chi connectivity index (χ3n) is 3.99. The smallest absolute Gasteiger partial charge is 0.122 e. The summed E-state index contributed by atoms with van der Waals surface area (Å²) in [7, 11) is 0. The van der Waals surface area contributed by atoms with Crippen LogP contribution < -0.4 is 16.0 Å². The lowest BCUT2D eigenvalue weighted by atomic mass is 9.87. The molecule has 2 heterocycles. The van der Waals surface area contributed by atoms with Crippen molar-refractivity contribution in [2.24, 2.45) is 11.8 Å². The van der Waals surface area contributed by atoms with Gasteiger partial charge in [0.25, 0.3) is 0 Å². The van der Waals surface area contributed by atoms with Crippen molar-refractivity contribution >= 4 is 0 Å². The third-order valence-corrected chi connectivity index (χ3v) is 3.99. The fraction of sp³-hybridized carbons (Fsp3) is 0.571. The molecule has 1 unspecified atom stereocenters. The predicted octanol–water partition coefficient (Wildman–Crippen LogP) is 1.55. The Labute approximate surface area is 107 Å².